The summed E-state index contributed by atoms with van der Waals surface area (Å²) in [6.07, 6.45) is 2.47. The van der Waals surface area contributed by atoms with Crippen LogP contribution in [0.3, 0.4) is 0 Å². The Labute approximate surface area is 117 Å². The van der Waals surface area contributed by atoms with Crippen LogP contribution in [-0.4, -0.2) is 21.2 Å². The van der Waals surface area contributed by atoms with Gasteiger partial charge in [0, 0.05) is 24.4 Å². The number of aryl methyl sites for hydroxylation is 1. The quantitative estimate of drug-likeness (QED) is 0.788. The fourth-order valence-corrected chi connectivity index (χ4v) is 2.02. The normalized spacial score (nSPS) is 10.8. The van der Waals surface area contributed by atoms with Gasteiger partial charge in [-0.2, -0.15) is 5.10 Å². The Balaban J connectivity index is 1.67. The Kier molecular flexibility index (Phi) is 3.25. The number of hydrogen-bond donors (Lipinski definition) is 1. The topological polar surface area (TPSA) is 65.4 Å². The monoisotopic (exact) mass is 268 g/mol. The van der Waals surface area contributed by atoms with E-state index in [1.165, 1.54) is 0 Å². The Bertz CT molecular complexity index is 736. The van der Waals surface area contributed by atoms with Crippen LogP contribution < -0.4 is 10.5 Å². The van der Waals surface area contributed by atoms with Gasteiger partial charge in [-0.05, 0) is 24.6 Å². The second kappa shape index (κ2) is 5.21. The van der Waals surface area contributed by atoms with E-state index >= 15 is 0 Å². The molecule has 5 heteroatoms. The third-order valence-electron chi connectivity index (χ3n) is 3.08. The minimum atomic E-state index is 0.553. The summed E-state index contributed by atoms with van der Waals surface area (Å²) < 4.78 is 7.47. The summed E-state index contributed by atoms with van der Waals surface area (Å²) in [6, 6.07) is 11.6. The zero-order valence-corrected chi connectivity index (χ0v) is 11.3. The number of ether oxygens (including phenoxy) is 1. The summed E-state index contributed by atoms with van der Waals surface area (Å²) >= 11 is 0. The van der Waals surface area contributed by atoms with Crippen molar-refractivity contribution in [3.8, 4) is 5.75 Å². The Morgan fingerprint density at radius 3 is 2.95 bits per heavy atom. The number of para-hydroxylation sites is 1. The van der Waals surface area contributed by atoms with Crippen molar-refractivity contribution in [2.45, 2.75) is 13.3 Å². The molecule has 0 spiro atoms. The van der Waals surface area contributed by atoms with Gasteiger partial charge in [-0.3, -0.25) is 0 Å². The molecule has 0 atom stereocenters. The van der Waals surface area contributed by atoms with Crippen molar-refractivity contribution in [2.24, 2.45) is 0 Å². The minimum Gasteiger partial charge on any atom is -0.493 e. The van der Waals surface area contributed by atoms with Crippen molar-refractivity contribution >= 4 is 11.3 Å². The summed E-state index contributed by atoms with van der Waals surface area (Å²) in [4.78, 5) is 4.42. The van der Waals surface area contributed by atoms with E-state index in [0.29, 0.717) is 18.7 Å². The van der Waals surface area contributed by atoms with Gasteiger partial charge in [0.2, 0.25) is 0 Å². The van der Waals surface area contributed by atoms with Crippen molar-refractivity contribution in [2.75, 3.05) is 12.3 Å². The number of nitrogens with two attached hydrogens (primary N) is 1. The van der Waals surface area contributed by atoms with Gasteiger partial charge in [-0.1, -0.05) is 18.2 Å². The lowest BCUT2D eigenvalue weighted by atomic mass is 10.2. The molecule has 0 radical (unpaired) electrons. The molecular formula is C15H16N4O. The van der Waals surface area contributed by atoms with Gasteiger partial charge in [0.05, 0.1) is 6.61 Å². The highest BCUT2D eigenvalue weighted by atomic mass is 16.5. The summed E-state index contributed by atoms with van der Waals surface area (Å²) in [7, 11) is 0. The van der Waals surface area contributed by atoms with Crippen LogP contribution in [0.1, 0.15) is 11.4 Å². The lowest BCUT2D eigenvalue weighted by molar-refractivity contribution is 0.317. The fourth-order valence-electron chi connectivity index (χ4n) is 2.02. The molecule has 1 aromatic carbocycles. The molecule has 0 saturated heterocycles. The van der Waals surface area contributed by atoms with Gasteiger partial charge < -0.3 is 10.5 Å². The van der Waals surface area contributed by atoms with Crippen molar-refractivity contribution in [1.82, 2.24) is 14.6 Å². The molecule has 20 heavy (non-hydrogen) atoms. The summed E-state index contributed by atoms with van der Waals surface area (Å²) in [5, 5.41) is 4.38. The molecule has 2 N–H and O–H groups in total. The smallest absolute Gasteiger partial charge is 0.157 e. The molecule has 0 fully saturated rings. The van der Waals surface area contributed by atoms with Gasteiger partial charge in [0.15, 0.2) is 11.5 Å². The second-order valence-electron chi connectivity index (χ2n) is 4.65. The molecule has 0 saturated carbocycles. The van der Waals surface area contributed by atoms with Crippen LogP contribution in [0.5, 0.6) is 5.75 Å². The van der Waals surface area contributed by atoms with Gasteiger partial charge in [0.1, 0.15) is 5.75 Å². The van der Waals surface area contributed by atoms with Crippen molar-refractivity contribution in [3.63, 3.8) is 0 Å². The van der Waals surface area contributed by atoms with Gasteiger partial charge in [0.25, 0.3) is 0 Å². The van der Waals surface area contributed by atoms with E-state index in [1.807, 2.05) is 37.4 Å². The zero-order chi connectivity index (χ0) is 13.9. The first-order valence-electron chi connectivity index (χ1n) is 6.51. The number of rotatable bonds is 4. The molecule has 3 aromatic rings. The molecular weight excluding hydrogens is 252 g/mol. The Morgan fingerprint density at radius 1 is 1.25 bits per heavy atom. The molecule has 2 heterocycles. The number of aromatic nitrogens is 3. The second-order valence-corrected chi connectivity index (χ2v) is 4.65. The van der Waals surface area contributed by atoms with Crippen molar-refractivity contribution < 1.29 is 4.74 Å². The summed E-state index contributed by atoms with van der Waals surface area (Å²) in [6.45, 7) is 2.58. The highest BCUT2D eigenvalue weighted by molar-refractivity contribution is 5.50. The maximum absolute atomic E-state index is 5.75. The van der Waals surface area contributed by atoms with E-state index in [4.69, 9.17) is 10.5 Å². The zero-order valence-electron chi connectivity index (χ0n) is 11.3. The maximum atomic E-state index is 5.75. The summed E-state index contributed by atoms with van der Waals surface area (Å²) in [5.74, 6) is 1.66. The van der Waals surface area contributed by atoms with E-state index in [-0.39, 0.29) is 0 Å². The number of nitrogen functional groups attached to an aromatic ring is 1. The molecule has 102 valence electrons. The van der Waals surface area contributed by atoms with Crippen LogP contribution in [0.2, 0.25) is 0 Å². The van der Waals surface area contributed by atoms with Crippen LogP contribution in [0.15, 0.2) is 42.6 Å². The molecule has 0 amide bonds. The molecule has 0 aliphatic carbocycles. The fraction of sp³-hybridized carbons (Fsp3) is 0.200. The van der Waals surface area contributed by atoms with E-state index < -0.39 is 0 Å². The van der Waals surface area contributed by atoms with E-state index in [1.54, 1.807) is 16.6 Å². The number of anilines is 1. The molecule has 0 aliphatic rings. The van der Waals surface area contributed by atoms with E-state index in [9.17, 15) is 0 Å². The average Bonchev–Trinajstić information content (AvgIpc) is 2.83. The van der Waals surface area contributed by atoms with E-state index in [0.717, 1.165) is 22.8 Å². The number of benzene rings is 1. The average molecular weight is 268 g/mol. The molecule has 3 rings (SSSR count). The lowest BCUT2D eigenvalue weighted by Gasteiger charge is -2.06. The van der Waals surface area contributed by atoms with Crippen LogP contribution in [0.25, 0.3) is 5.65 Å². The Morgan fingerprint density at radius 2 is 2.10 bits per heavy atom. The van der Waals surface area contributed by atoms with Crippen LogP contribution in [0.4, 0.5) is 5.69 Å². The van der Waals surface area contributed by atoms with Gasteiger partial charge in [-0.15, -0.1) is 0 Å². The van der Waals surface area contributed by atoms with E-state index in [2.05, 4.69) is 10.1 Å². The number of hydrogen-bond acceptors (Lipinski definition) is 4. The lowest BCUT2D eigenvalue weighted by Crippen LogP contribution is -2.03. The predicted molar refractivity (Wildman–Crippen MR) is 77.8 cm³/mol. The number of pyridine rings is 1. The highest BCUT2D eigenvalue weighted by Gasteiger charge is 2.05. The molecule has 5 nitrogen and oxygen atoms in total. The first kappa shape index (κ1) is 12.5. The SMILES string of the molecule is Cc1ccccc1OCCc1nc2cc(N)ccn2n1. The number of nitrogens with zero attached hydrogens (tertiary/aromatic N) is 3. The standard InChI is InChI=1S/C15H16N4O/c1-11-4-2-3-5-13(11)20-9-7-14-17-15-10-12(16)6-8-19(15)18-14/h2-6,8,10H,7,9,16H2,1H3. The van der Waals surface area contributed by atoms with Crippen LogP contribution in [-0.2, 0) is 6.42 Å². The van der Waals surface area contributed by atoms with Crippen LogP contribution >= 0.6 is 0 Å². The predicted octanol–water partition coefficient (Wildman–Crippen LogP) is 2.24. The largest absolute Gasteiger partial charge is 0.493 e. The first-order valence-corrected chi connectivity index (χ1v) is 6.51. The van der Waals surface area contributed by atoms with Gasteiger partial charge >= 0.3 is 0 Å². The number of fused-ring (bicyclic) bond motifs is 1. The van der Waals surface area contributed by atoms with Crippen LogP contribution in [0, 0.1) is 6.92 Å². The third kappa shape index (κ3) is 2.56. The van der Waals surface area contributed by atoms with Crippen molar-refractivity contribution in [1.29, 1.82) is 0 Å². The highest BCUT2D eigenvalue weighted by Crippen LogP contribution is 2.16. The van der Waals surface area contributed by atoms with Gasteiger partial charge in [-0.25, -0.2) is 9.50 Å². The maximum Gasteiger partial charge on any atom is 0.157 e. The first-order chi connectivity index (χ1) is 9.72. The minimum absolute atomic E-state index is 0.553. The van der Waals surface area contributed by atoms with Crippen molar-refractivity contribution in [3.05, 3.63) is 54.0 Å². The molecule has 0 bridgehead atoms. The third-order valence-corrected chi connectivity index (χ3v) is 3.08. The molecule has 2 aromatic heterocycles. The molecule has 0 aliphatic heterocycles. The summed E-state index contributed by atoms with van der Waals surface area (Å²) in [5.41, 5.74) is 8.30. The molecule has 0 unspecified atom stereocenters. The Hall–Kier alpha value is -2.56.